The largest absolute Gasteiger partial charge is 0.497 e. The predicted molar refractivity (Wildman–Crippen MR) is 99.5 cm³/mol. The highest BCUT2D eigenvalue weighted by molar-refractivity contribution is 8.01. The summed E-state index contributed by atoms with van der Waals surface area (Å²) >= 11 is 2.50. The Morgan fingerprint density at radius 1 is 1.28 bits per heavy atom. The third-order valence-corrected chi connectivity index (χ3v) is 4.77. The Labute approximate surface area is 154 Å². The molecule has 0 aliphatic carbocycles. The molecular weight excluding hydrogens is 360 g/mol. The van der Waals surface area contributed by atoms with E-state index >= 15 is 0 Å². The van der Waals surface area contributed by atoms with E-state index in [9.17, 15) is 9.59 Å². The lowest BCUT2D eigenvalue weighted by Crippen LogP contribution is -2.41. The van der Waals surface area contributed by atoms with Crippen LogP contribution in [0.25, 0.3) is 0 Å². The van der Waals surface area contributed by atoms with Crippen LogP contribution >= 0.6 is 23.1 Å². The summed E-state index contributed by atoms with van der Waals surface area (Å²) < 4.78 is 5.72. The molecule has 7 nitrogen and oxygen atoms in total. The van der Waals surface area contributed by atoms with E-state index in [-0.39, 0.29) is 23.1 Å². The van der Waals surface area contributed by atoms with Crippen LogP contribution in [0.4, 0.5) is 5.13 Å². The normalized spacial score (nSPS) is 11.0. The smallest absolute Gasteiger partial charge is 0.257 e. The molecule has 0 saturated carbocycles. The molecule has 25 heavy (non-hydrogen) atoms. The summed E-state index contributed by atoms with van der Waals surface area (Å²) in [4.78, 5) is 24.0. The zero-order chi connectivity index (χ0) is 18.4. The summed E-state index contributed by atoms with van der Waals surface area (Å²) in [6.45, 7) is 5.77. The van der Waals surface area contributed by atoms with Crippen molar-refractivity contribution in [3.05, 3.63) is 29.8 Å². The fourth-order valence-electron chi connectivity index (χ4n) is 1.83. The lowest BCUT2D eigenvalue weighted by molar-refractivity contribution is -0.119. The van der Waals surface area contributed by atoms with Crippen LogP contribution in [-0.2, 0) is 4.79 Å². The van der Waals surface area contributed by atoms with E-state index < -0.39 is 0 Å². The summed E-state index contributed by atoms with van der Waals surface area (Å²) in [5.74, 6) is 0.480. The lowest BCUT2D eigenvalue weighted by Gasteiger charge is -2.19. The minimum absolute atomic E-state index is 0.0744. The highest BCUT2D eigenvalue weighted by Gasteiger charge is 2.15. The quantitative estimate of drug-likeness (QED) is 0.591. The SMILES string of the molecule is COc1cccc(C(=O)Nc2nnc(SCC(=O)NC(C)(C)C)s2)c1. The maximum Gasteiger partial charge on any atom is 0.257 e. The summed E-state index contributed by atoms with van der Waals surface area (Å²) in [7, 11) is 1.54. The molecular formula is C16H20N4O3S2. The Balaban J connectivity index is 1.90. The van der Waals surface area contributed by atoms with Crippen molar-refractivity contribution in [2.45, 2.75) is 30.6 Å². The molecule has 0 atom stereocenters. The third-order valence-electron chi connectivity index (χ3n) is 2.80. The second-order valence-corrected chi connectivity index (χ2v) is 8.35. The highest BCUT2D eigenvalue weighted by atomic mass is 32.2. The van der Waals surface area contributed by atoms with Gasteiger partial charge in [0, 0.05) is 11.1 Å². The second kappa shape index (κ2) is 8.30. The molecule has 0 saturated heterocycles. The molecule has 1 aromatic heterocycles. The zero-order valence-corrected chi connectivity index (χ0v) is 16.1. The average molecular weight is 380 g/mol. The van der Waals surface area contributed by atoms with E-state index in [0.717, 1.165) is 0 Å². The molecule has 134 valence electrons. The van der Waals surface area contributed by atoms with Crippen LogP contribution in [0.15, 0.2) is 28.6 Å². The van der Waals surface area contributed by atoms with Gasteiger partial charge in [0.2, 0.25) is 11.0 Å². The number of anilines is 1. The van der Waals surface area contributed by atoms with E-state index in [1.165, 1.54) is 23.1 Å². The van der Waals surface area contributed by atoms with Gasteiger partial charge >= 0.3 is 0 Å². The van der Waals surface area contributed by atoms with E-state index in [1.54, 1.807) is 31.4 Å². The van der Waals surface area contributed by atoms with E-state index in [2.05, 4.69) is 20.8 Å². The van der Waals surface area contributed by atoms with Gasteiger partial charge in [-0.3, -0.25) is 14.9 Å². The van der Waals surface area contributed by atoms with Crippen LogP contribution in [0.3, 0.4) is 0 Å². The number of carbonyl (C=O) groups excluding carboxylic acids is 2. The summed E-state index contributed by atoms with van der Waals surface area (Å²) in [6.07, 6.45) is 0. The molecule has 0 unspecified atom stereocenters. The fraction of sp³-hybridized carbons (Fsp3) is 0.375. The number of hydrogen-bond donors (Lipinski definition) is 2. The van der Waals surface area contributed by atoms with Gasteiger partial charge in [0.25, 0.3) is 5.91 Å². The number of rotatable bonds is 6. The second-order valence-electron chi connectivity index (χ2n) is 6.15. The van der Waals surface area contributed by atoms with Crippen molar-refractivity contribution in [3.63, 3.8) is 0 Å². The van der Waals surface area contributed by atoms with Crippen LogP contribution in [0.1, 0.15) is 31.1 Å². The monoisotopic (exact) mass is 380 g/mol. The van der Waals surface area contributed by atoms with Crippen molar-refractivity contribution in [1.29, 1.82) is 0 Å². The minimum atomic E-state index is -0.294. The number of thioether (sulfide) groups is 1. The van der Waals surface area contributed by atoms with Crippen molar-refractivity contribution in [2.75, 3.05) is 18.2 Å². The first kappa shape index (κ1) is 19.2. The Morgan fingerprint density at radius 2 is 2.04 bits per heavy atom. The fourth-order valence-corrected chi connectivity index (χ4v) is 3.38. The van der Waals surface area contributed by atoms with Gasteiger partial charge in [0.05, 0.1) is 12.9 Å². The number of nitrogens with one attached hydrogen (secondary N) is 2. The molecule has 0 radical (unpaired) electrons. The first-order valence-corrected chi connectivity index (χ1v) is 9.30. The molecule has 1 aromatic carbocycles. The number of methoxy groups -OCH3 is 1. The number of amides is 2. The zero-order valence-electron chi connectivity index (χ0n) is 14.5. The summed E-state index contributed by atoms with van der Waals surface area (Å²) in [6, 6.07) is 6.83. The first-order valence-electron chi connectivity index (χ1n) is 7.49. The average Bonchev–Trinajstić information content (AvgIpc) is 2.99. The van der Waals surface area contributed by atoms with Gasteiger partial charge in [-0.05, 0) is 39.0 Å². The number of nitrogens with zero attached hydrogens (tertiary/aromatic N) is 2. The van der Waals surface area contributed by atoms with Crippen LogP contribution in [0, 0.1) is 0 Å². The number of carbonyl (C=O) groups is 2. The van der Waals surface area contributed by atoms with Gasteiger partial charge in [0.15, 0.2) is 4.34 Å². The Bertz CT molecular complexity index is 756. The van der Waals surface area contributed by atoms with Gasteiger partial charge in [-0.25, -0.2) is 0 Å². The number of aromatic nitrogens is 2. The van der Waals surface area contributed by atoms with Crippen LogP contribution in [-0.4, -0.2) is 40.4 Å². The third kappa shape index (κ3) is 6.35. The summed E-state index contributed by atoms with van der Waals surface area (Å²) in [5, 5.41) is 13.9. The van der Waals surface area contributed by atoms with Crippen molar-refractivity contribution in [2.24, 2.45) is 0 Å². The first-order chi connectivity index (χ1) is 11.8. The van der Waals surface area contributed by atoms with E-state index in [0.29, 0.717) is 20.8 Å². The molecule has 1 heterocycles. The maximum atomic E-state index is 12.2. The standard InChI is InChI=1S/C16H20N4O3S2/c1-16(2,3)18-12(21)9-24-15-20-19-14(25-15)17-13(22)10-6-5-7-11(8-10)23-4/h5-8H,9H2,1-4H3,(H,18,21)(H,17,19,22). The van der Waals surface area contributed by atoms with Crippen molar-refractivity contribution in [3.8, 4) is 5.75 Å². The van der Waals surface area contributed by atoms with Gasteiger partial charge in [-0.2, -0.15) is 0 Å². The summed E-state index contributed by atoms with van der Waals surface area (Å²) in [5.41, 5.74) is 0.197. The molecule has 9 heteroatoms. The van der Waals surface area contributed by atoms with Crippen LogP contribution < -0.4 is 15.4 Å². The van der Waals surface area contributed by atoms with Crippen molar-refractivity contribution < 1.29 is 14.3 Å². The van der Waals surface area contributed by atoms with Gasteiger partial charge in [0.1, 0.15) is 5.75 Å². The Kier molecular flexibility index (Phi) is 6.38. The van der Waals surface area contributed by atoms with Crippen LogP contribution in [0.5, 0.6) is 5.75 Å². The maximum absolute atomic E-state index is 12.2. The van der Waals surface area contributed by atoms with Gasteiger partial charge in [-0.1, -0.05) is 29.2 Å². The number of benzene rings is 1. The molecule has 0 bridgehead atoms. The minimum Gasteiger partial charge on any atom is -0.497 e. The Morgan fingerprint density at radius 3 is 2.72 bits per heavy atom. The van der Waals surface area contributed by atoms with Crippen LogP contribution in [0.2, 0.25) is 0 Å². The van der Waals surface area contributed by atoms with Crippen molar-refractivity contribution in [1.82, 2.24) is 15.5 Å². The molecule has 0 aliphatic rings. The molecule has 0 aliphatic heterocycles. The highest BCUT2D eigenvalue weighted by Crippen LogP contribution is 2.26. The number of ether oxygens (including phenoxy) is 1. The molecule has 2 amide bonds. The predicted octanol–water partition coefficient (Wildman–Crippen LogP) is 2.81. The molecule has 0 spiro atoms. The topological polar surface area (TPSA) is 93.2 Å². The lowest BCUT2D eigenvalue weighted by atomic mass is 10.1. The Hall–Kier alpha value is -2.13. The number of hydrogen-bond acceptors (Lipinski definition) is 7. The van der Waals surface area contributed by atoms with E-state index in [1.807, 2.05) is 20.8 Å². The molecule has 2 rings (SSSR count). The van der Waals surface area contributed by atoms with Crippen molar-refractivity contribution >= 4 is 40.0 Å². The van der Waals surface area contributed by atoms with Gasteiger partial charge < -0.3 is 10.1 Å². The molecule has 2 N–H and O–H groups in total. The van der Waals surface area contributed by atoms with E-state index in [4.69, 9.17) is 4.74 Å². The molecule has 2 aromatic rings. The van der Waals surface area contributed by atoms with Gasteiger partial charge in [-0.15, -0.1) is 10.2 Å². The molecule has 0 fully saturated rings.